The molecular formula is C21H23N3O2. The number of carbonyl (C=O) groups is 1. The Labute approximate surface area is 154 Å². The SMILES string of the molecule is N#Cc1ccccc1COc1cccc(CNCCNC(=O)C2CC2)c1. The maximum Gasteiger partial charge on any atom is 0.223 e. The molecule has 0 heterocycles. The lowest BCUT2D eigenvalue weighted by Crippen LogP contribution is -2.32. The standard InChI is InChI=1S/C21H23N3O2/c22-13-18-5-1-2-6-19(18)15-26-20-7-3-4-16(12-20)14-23-10-11-24-21(25)17-8-9-17/h1-7,12,17,23H,8-11,14-15H2,(H,24,25). The first-order valence-corrected chi connectivity index (χ1v) is 8.94. The Morgan fingerprint density at radius 3 is 2.81 bits per heavy atom. The normalized spacial score (nSPS) is 13.0. The number of ether oxygens (including phenoxy) is 1. The summed E-state index contributed by atoms with van der Waals surface area (Å²) >= 11 is 0. The van der Waals surface area contributed by atoms with Crippen LogP contribution in [0.3, 0.4) is 0 Å². The minimum absolute atomic E-state index is 0.180. The number of carbonyl (C=O) groups excluding carboxylic acids is 1. The molecule has 0 bridgehead atoms. The number of amides is 1. The summed E-state index contributed by atoms with van der Waals surface area (Å²) in [6, 6.07) is 17.5. The van der Waals surface area contributed by atoms with Gasteiger partial charge in [-0.3, -0.25) is 4.79 Å². The van der Waals surface area contributed by atoms with Gasteiger partial charge in [0.2, 0.25) is 5.91 Å². The highest BCUT2D eigenvalue weighted by Gasteiger charge is 2.28. The summed E-state index contributed by atoms with van der Waals surface area (Å²) in [6.07, 6.45) is 2.07. The topological polar surface area (TPSA) is 74.2 Å². The van der Waals surface area contributed by atoms with E-state index in [1.54, 1.807) is 6.07 Å². The molecule has 0 radical (unpaired) electrons. The highest BCUT2D eigenvalue weighted by atomic mass is 16.5. The number of nitrogens with one attached hydrogen (secondary N) is 2. The molecule has 5 heteroatoms. The van der Waals surface area contributed by atoms with Crippen molar-refractivity contribution < 1.29 is 9.53 Å². The molecule has 134 valence electrons. The number of rotatable bonds is 9. The summed E-state index contributed by atoms with van der Waals surface area (Å²) in [6.45, 7) is 2.47. The number of benzene rings is 2. The van der Waals surface area contributed by atoms with Crippen LogP contribution in [0.25, 0.3) is 0 Å². The summed E-state index contributed by atoms with van der Waals surface area (Å²) in [5, 5.41) is 15.4. The fourth-order valence-electron chi connectivity index (χ4n) is 2.66. The Kier molecular flexibility index (Phi) is 6.24. The van der Waals surface area contributed by atoms with Crippen LogP contribution >= 0.6 is 0 Å². The number of nitriles is 1. The molecule has 1 fully saturated rings. The van der Waals surface area contributed by atoms with Crippen LogP contribution in [0.5, 0.6) is 5.75 Å². The molecule has 26 heavy (non-hydrogen) atoms. The molecule has 3 rings (SSSR count). The van der Waals surface area contributed by atoms with Gasteiger partial charge in [0.25, 0.3) is 0 Å². The molecule has 0 spiro atoms. The smallest absolute Gasteiger partial charge is 0.223 e. The molecule has 0 aromatic heterocycles. The zero-order valence-corrected chi connectivity index (χ0v) is 14.7. The number of nitrogens with zero attached hydrogens (tertiary/aromatic N) is 1. The van der Waals surface area contributed by atoms with E-state index in [-0.39, 0.29) is 11.8 Å². The molecule has 5 nitrogen and oxygen atoms in total. The van der Waals surface area contributed by atoms with Crippen LogP contribution in [-0.2, 0) is 17.9 Å². The van der Waals surface area contributed by atoms with Gasteiger partial charge in [0.15, 0.2) is 0 Å². The lowest BCUT2D eigenvalue weighted by molar-refractivity contribution is -0.122. The Bertz CT molecular complexity index is 794. The van der Waals surface area contributed by atoms with Crippen LogP contribution in [0.2, 0.25) is 0 Å². The van der Waals surface area contributed by atoms with E-state index in [0.717, 1.165) is 36.3 Å². The molecule has 1 aliphatic rings. The minimum Gasteiger partial charge on any atom is -0.489 e. The fraction of sp³-hybridized carbons (Fsp3) is 0.333. The summed E-state index contributed by atoms with van der Waals surface area (Å²) < 4.78 is 5.83. The Morgan fingerprint density at radius 2 is 2.00 bits per heavy atom. The maximum atomic E-state index is 11.5. The Balaban J connectivity index is 1.42. The van der Waals surface area contributed by atoms with Crippen molar-refractivity contribution >= 4 is 5.91 Å². The maximum absolute atomic E-state index is 11.5. The van der Waals surface area contributed by atoms with Gasteiger partial charge in [0.1, 0.15) is 12.4 Å². The third-order valence-corrected chi connectivity index (χ3v) is 4.31. The molecule has 0 unspecified atom stereocenters. The highest BCUT2D eigenvalue weighted by Crippen LogP contribution is 2.28. The molecule has 2 N–H and O–H groups in total. The van der Waals surface area contributed by atoms with Crippen molar-refractivity contribution in [3.63, 3.8) is 0 Å². The summed E-state index contributed by atoms with van der Waals surface area (Å²) in [5.74, 6) is 1.22. The monoisotopic (exact) mass is 349 g/mol. The molecular weight excluding hydrogens is 326 g/mol. The van der Waals surface area contributed by atoms with Crippen LogP contribution in [-0.4, -0.2) is 19.0 Å². The number of hydrogen-bond donors (Lipinski definition) is 2. The first kappa shape index (κ1) is 18.0. The number of hydrogen-bond acceptors (Lipinski definition) is 4. The lowest BCUT2D eigenvalue weighted by atomic mass is 10.1. The van der Waals surface area contributed by atoms with Crippen molar-refractivity contribution in [1.82, 2.24) is 10.6 Å². The van der Waals surface area contributed by atoms with Crippen LogP contribution in [0, 0.1) is 17.2 Å². The molecule has 2 aromatic rings. The van der Waals surface area contributed by atoms with Gasteiger partial charge in [-0.2, -0.15) is 5.26 Å². The van der Waals surface area contributed by atoms with Gasteiger partial charge in [-0.25, -0.2) is 0 Å². The average molecular weight is 349 g/mol. The van der Waals surface area contributed by atoms with Crippen molar-refractivity contribution in [3.05, 3.63) is 65.2 Å². The third kappa shape index (κ3) is 5.33. The Hall–Kier alpha value is -2.84. The fourth-order valence-corrected chi connectivity index (χ4v) is 2.66. The van der Waals surface area contributed by atoms with Gasteiger partial charge in [-0.15, -0.1) is 0 Å². The van der Waals surface area contributed by atoms with Crippen LogP contribution in [0.15, 0.2) is 48.5 Å². The molecule has 1 saturated carbocycles. The quantitative estimate of drug-likeness (QED) is 0.683. The van der Waals surface area contributed by atoms with Gasteiger partial charge in [0.05, 0.1) is 11.6 Å². The molecule has 1 amide bonds. The van der Waals surface area contributed by atoms with Gasteiger partial charge >= 0.3 is 0 Å². The van der Waals surface area contributed by atoms with E-state index in [0.29, 0.717) is 25.3 Å². The molecule has 1 aliphatic carbocycles. The van der Waals surface area contributed by atoms with Crippen LogP contribution in [0.1, 0.15) is 29.5 Å². The van der Waals surface area contributed by atoms with Gasteiger partial charge < -0.3 is 15.4 Å². The summed E-state index contributed by atoms with van der Waals surface area (Å²) in [5.41, 5.74) is 2.63. The molecule has 2 aromatic carbocycles. The van der Waals surface area contributed by atoms with Gasteiger partial charge in [-0.05, 0) is 36.6 Å². The van der Waals surface area contributed by atoms with Crippen molar-refractivity contribution in [3.8, 4) is 11.8 Å². The van der Waals surface area contributed by atoms with E-state index in [4.69, 9.17) is 10.00 Å². The lowest BCUT2D eigenvalue weighted by Gasteiger charge is -2.10. The van der Waals surface area contributed by atoms with Crippen molar-refractivity contribution in [2.75, 3.05) is 13.1 Å². The summed E-state index contributed by atoms with van der Waals surface area (Å²) in [4.78, 5) is 11.5. The highest BCUT2D eigenvalue weighted by molar-refractivity contribution is 5.80. The minimum atomic E-state index is 0.180. The van der Waals surface area contributed by atoms with E-state index < -0.39 is 0 Å². The van der Waals surface area contributed by atoms with E-state index in [2.05, 4.69) is 16.7 Å². The van der Waals surface area contributed by atoms with E-state index in [1.165, 1.54) is 0 Å². The van der Waals surface area contributed by atoms with Crippen molar-refractivity contribution in [2.24, 2.45) is 5.92 Å². The largest absolute Gasteiger partial charge is 0.489 e. The van der Waals surface area contributed by atoms with Gasteiger partial charge in [0, 0.05) is 31.1 Å². The van der Waals surface area contributed by atoms with Crippen molar-refractivity contribution in [1.29, 1.82) is 5.26 Å². The Morgan fingerprint density at radius 1 is 1.15 bits per heavy atom. The zero-order chi connectivity index (χ0) is 18.2. The van der Waals surface area contributed by atoms with E-state index in [9.17, 15) is 4.79 Å². The first-order chi connectivity index (χ1) is 12.8. The predicted octanol–water partition coefficient (Wildman–Crippen LogP) is 2.75. The molecule has 0 atom stereocenters. The van der Waals surface area contributed by atoms with Crippen LogP contribution in [0.4, 0.5) is 0 Å². The molecule has 0 saturated heterocycles. The van der Waals surface area contributed by atoms with Gasteiger partial charge in [-0.1, -0.05) is 30.3 Å². The predicted molar refractivity (Wildman–Crippen MR) is 99.4 cm³/mol. The van der Waals surface area contributed by atoms with E-state index in [1.807, 2.05) is 42.5 Å². The first-order valence-electron chi connectivity index (χ1n) is 8.94. The molecule has 0 aliphatic heterocycles. The second-order valence-corrected chi connectivity index (χ2v) is 6.45. The second-order valence-electron chi connectivity index (χ2n) is 6.45. The van der Waals surface area contributed by atoms with E-state index >= 15 is 0 Å². The van der Waals surface area contributed by atoms with Crippen LogP contribution < -0.4 is 15.4 Å². The average Bonchev–Trinajstić information content (AvgIpc) is 3.52. The summed E-state index contributed by atoms with van der Waals surface area (Å²) in [7, 11) is 0. The zero-order valence-electron chi connectivity index (χ0n) is 14.7. The third-order valence-electron chi connectivity index (χ3n) is 4.31. The second kappa shape index (κ2) is 9.02. The van der Waals surface area contributed by atoms with Crippen molar-refractivity contribution in [2.45, 2.75) is 26.0 Å².